The second kappa shape index (κ2) is 5.94. The first kappa shape index (κ1) is 16.3. The maximum atomic E-state index is 12.4. The van der Waals surface area contributed by atoms with E-state index in [-0.39, 0.29) is 17.2 Å². The maximum absolute atomic E-state index is 12.4. The first-order valence-corrected chi connectivity index (χ1v) is 10.1. The largest absolute Gasteiger partial charge is 0.399 e. The van der Waals surface area contributed by atoms with Gasteiger partial charge < -0.3 is 5.73 Å². The van der Waals surface area contributed by atoms with Crippen LogP contribution in [-0.4, -0.2) is 34.4 Å². The Bertz CT molecular complexity index is 727. The van der Waals surface area contributed by atoms with Crippen molar-refractivity contribution < 1.29 is 16.8 Å². The Labute approximate surface area is 125 Å². The summed E-state index contributed by atoms with van der Waals surface area (Å²) in [5.41, 5.74) is 6.67. The van der Waals surface area contributed by atoms with E-state index in [4.69, 9.17) is 5.73 Å². The van der Waals surface area contributed by atoms with Gasteiger partial charge >= 0.3 is 0 Å². The fraction of sp³-hybridized carbons (Fsp3) is 0.538. The van der Waals surface area contributed by atoms with E-state index in [9.17, 15) is 16.8 Å². The predicted octanol–water partition coefficient (Wildman–Crippen LogP) is 0.687. The van der Waals surface area contributed by atoms with Gasteiger partial charge in [-0.2, -0.15) is 0 Å². The lowest BCUT2D eigenvalue weighted by Crippen LogP contribution is -2.35. The zero-order valence-electron chi connectivity index (χ0n) is 11.9. The molecule has 1 heterocycles. The van der Waals surface area contributed by atoms with Gasteiger partial charge in [0, 0.05) is 12.2 Å². The summed E-state index contributed by atoms with van der Waals surface area (Å²) >= 11 is 0. The van der Waals surface area contributed by atoms with Gasteiger partial charge in [-0.05, 0) is 37.0 Å². The van der Waals surface area contributed by atoms with E-state index in [1.54, 1.807) is 12.1 Å². The summed E-state index contributed by atoms with van der Waals surface area (Å²) in [6.45, 7) is 1.77. The standard InChI is InChI=1S/C13H20N2O4S2/c1-2-10-5-6-11(14)8-13(10)21(18,19)15-9-12-4-3-7-20(12,16)17/h5-6,8,12,15H,2-4,7,9,14H2,1H3. The number of sulfonamides is 1. The van der Waals surface area contributed by atoms with Crippen molar-refractivity contribution in [3.05, 3.63) is 23.8 Å². The number of nitrogens with one attached hydrogen (secondary N) is 1. The first-order valence-electron chi connectivity index (χ1n) is 6.86. The van der Waals surface area contributed by atoms with E-state index < -0.39 is 25.1 Å². The molecular formula is C13H20N2O4S2. The molecule has 1 atom stereocenters. The highest BCUT2D eigenvalue weighted by Crippen LogP contribution is 2.22. The highest BCUT2D eigenvalue weighted by atomic mass is 32.2. The van der Waals surface area contributed by atoms with Crippen molar-refractivity contribution in [2.45, 2.75) is 36.3 Å². The zero-order chi connectivity index (χ0) is 15.7. The molecule has 6 nitrogen and oxygen atoms in total. The topological polar surface area (TPSA) is 106 Å². The SMILES string of the molecule is CCc1ccc(N)cc1S(=O)(=O)NCC1CCCS1(=O)=O. The average Bonchev–Trinajstić information content (AvgIpc) is 2.75. The van der Waals surface area contributed by atoms with Crippen LogP contribution >= 0.6 is 0 Å². The predicted molar refractivity (Wildman–Crippen MR) is 82.2 cm³/mol. The minimum Gasteiger partial charge on any atom is -0.399 e. The maximum Gasteiger partial charge on any atom is 0.240 e. The molecule has 0 spiro atoms. The molecule has 1 unspecified atom stereocenters. The number of hydrogen-bond acceptors (Lipinski definition) is 5. The third-order valence-corrected chi connectivity index (χ3v) is 7.51. The van der Waals surface area contributed by atoms with Crippen LogP contribution in [0, 0.1) is 0 Å². The monoisotopic (exact) mass is 332 g/mol. The minimum absolute atomic E-state index is 0.0807. The first-order chi connectivity index (χ1) is 9.76. The second-order valence-corrected chi connectivity index (χ2v) is 9.34. The molecule has 21 heavy (non-hydrogen) atoms. The normalized spacial score (nSPS) is 21.5. The zero-order valence-corrected chi connectivity index (χ0v) is 13.5. The van der Waals surface area contributed by atoms with E-state index in [1.807, 2.05) is 6.92 Å². The molecule has 1 aromatic rings. The number of benzene rings is 1. The summed E-state index contributed by atoms with van der Waals surface area (Å²) in [6.07, 6.45) is 1.65. The lowest BCUT2D eigenvalue weighted by molar-refractivity contribution is 0.570. The Hall–Kier alpha value is -1.12. The number of rotatable bonds is 5. The van der Waals surface area contributed by atoms with Gasteiger partial charge in [-0.15, -0.1) is 0 Å². The van der Waals surface area contributed by atoms with E-state index >= 15 is 0 Å². The van der Waals surface area contributed by atoms with Gasteiger partial charge in [0.1, 0.15) is 0 Å². The third-order valence-electron chi connectivity index (χ3n) is 3.73. The van der Waals surface area contributed by atoms with Crippen LogP contribution in [0.4, 0.5) is 5.69 Å². The molecule has 118 valence electrons. The van der Waals surface area contributed by atoms with Gasteiger partial charge in [0.15, 0.2) is 9.84 Å². The highest BCUT2D eigenvalue weighted by molar-refractivity contribution is 7.92. The van der Waals surface area contributed by atoms with Crippen LogP contribution in [0.1, 0.15) is 25.3 Å². The Kier molecular flexibility index (Phi) is 4.60. The van der Waals surface area contributed by atoms with E-state index in [2.05, 4.69) is 4.72 Å². The van der Waals surface area contributed by atoms with Crippen molar-refractivity contribution in [1.29, 1.82) is 0 Å². The lowest BCUT2D eigenvalue weighted by Gasteiger charge is -2.14. The van der Waals surface area contributed by atoms with E-state index in [1.165, 1.54) is 6.07 Å². The quantitative estimate of drug-likeness (QED) is 0.772. The summed E-state index contributed by atoms with van der Waals surface area (Å²) in [5.74, 6) is 0.137. The number of anilines is 1. The van der Waals surface area contributed by atoms with Crippen LogP contribution in [0.25, 0.3) is 0 Å². The Morgan fingerprint density at radius 1 is 1.38 bits per heavy atom. The van der Waals surface area contributed by atoms with Crippen LogP contribution in [0.3, 0.4) is 0 Å². The Morgan fingerprint density at radius 3 is 2.67 bits per heavy atom. The van der Waals surface area contributed by atoms with Crippen molar-refractivity contribution in [2.24, 2.45) is 0 Å². The minimum atomic E-state index is -3.76. The summed E-state index contributed by atoms with van der Waals surface area (Å²) in [6, 6.07) is 4.74. The number of hydrogen-bond donors (Lipinski definition) is 2. The second-order valence-electron chi connectivity index (χ2n) is 5.20. The molecule has 0 bridgehead atoms. The van der Waals surface area contributed by atoms with Gasteiger partial charge in [-0.1, -0.05) is 13.0 Å². The number of sulfone groups is 1. The third kappa shape index (κ3) is 3.56. The number of nitrogens with two attached hydrogens (primary N) is 1. The van der Waals surface area contributed by atoms with Crippen LogP contribution in [-0.2, 0) is 26.3 Å². The summed E-state index contributed by atoms with van der Waals surface area (Å²) in [4.78, 5) is 0.125. The Balaban J connectivity index is 2.21. The summed E-state index contributed by atoms with van der Waals surface area (Å²) < 4.78 is 50.6. The smallest absolute Gasteiger partial charge is 0.240 e. The van der Waals surface area contributed by atoms with Gasteiger partial charge in [-0.3, -0.25) is 0 Å². The van der Waals surface area contributed by atoms with Gasteiger partial charge in [-0.25, -0.2) is 21.6 Å². The number of aryl methyl sites for hydroxylation is 1. The van der Waals surface area contributed by atoms with Gasteiger partial charge in [0.05, 0.1) is 15.9 Å². The van der Waals surface area contributed by atoms with Crippen molar-refractivity contribution >= 4 is 25.5 Å². The van der Waals surface area contributed by atoms with Crippen molar-refractivity contribution in [3.63, 3.8) is 0 Å². The van der Waals surface area contributed by atoms with Crippen LogP contribution in [0.2, 0.25) is 0 Å². The molecule has 8 heteroatoms. The molecule has 1 aliphatic rings. The molecule has 1 saturated heterocycles. The van der Waals surface area contributed by atoms with E-state index in [0.717, 1.165) is 0 Å². The molecule has 0 amide bonds. The van der Waals surface area contributed by atoms with Crippen LogP contribution in [0.5, 0.6) is 0 Å². The van der Waals surface area contributed by atoms with Crippen LogP contribution in [0.15, 0.2) is 23.1 Å². The molecule has 0 saturated carbocycles. The molecule has 0 radical (unpaired) electrons. The van der Waals surface area contributed by atoms with Crippen LogP contribution < -0.4 is 10.5 Å². The Morgan fingerprint density at radius 2 is 2.10 bits per heavy atom. The molecule has 0 aromatic heterocycles. The summed E-state index contributed by atoms with van der Waals surface area (Å²) in [7, 11) is -6.92. The molecular weight excluding hydrogens is 312 g/mol. The number of nitrogen functional groups attached to an aromatic ring is 1. The highest BCUT2D eigenvalue weighted by Gasteiger charge is 2.32. The van der Waals surface area contributed by atoms with Crippen molar-refractivity contribution in [2.75, 3.05) is 18.0 Å². The molecule has 3 N–H and O–H groups in total. The lowest BCUT2D eigenvalue weighted by atomic mass is 10.1. The van der Waals surface area contributed by atoms with E-state index in [0.29, 0.717) is 30.5 Å². The average molecular weight is 332 g/mol. The van der Waals surface area contributed by atoms with Gasteiger partial charge in [0.25, 0.3) is 0 Å². The molecule has 1 aliphatic heterocycles. The van der Waals surface area contributed by atoms with Gasteiger partial charge in [0.2, 0.25) is 10.0 Å². The van der Waals surface area contributed by atoms with Crippen molar-refractivity contribution in [1.82, 2.24) is 4.72 Å². The molecule has 1 fully saturated rings. The molecule has 1 aromatic carbocycles. The van der Waals surface area contributed by atoms with Crippen molar-refractivity contribution in [3.8, 4) is 0 Å². The molecule has 2 rings (SSSR count). The molecule has 0 aliphatic carbocycles. The summed E-state index contributed by atoms with van der Waals surface area (Å²) in [5, 5.41) is -0.626. The fourth-order valence-corrected chi connectivity index (χ4v) is 5.78. The fourth-order valence-electron chi connectivity index (χ4n) is 2.48.